The molecule has 0 saturated carbocycles. The van der Waals surface area contributed by atoms with Gasteiger partial charge in [-0.1, -0.05) is 23.8 Å². The Labute approximate surface area is 120 Å². The highest BCUT2D eigenvalue weighted by molar-refractivity contribution is 7.80. The molecule has 1 saturated heterocycles. The third-order valence-electron chi connectivity index (χ3n) is 2.82. The molecule has 0 spiro atoms. The summed E-state index contributed by atoms with van der Waals surface area (Å²) in [6.45, 7) is 0. The fourth-order valence-corrected chi connectivity index (χ4v) is 2.17. The number of hydrogen-bond donors (Lipinski definition) is 3. The molecular weight excluding hydrogens is 286 g/mol. The van der Waals surface area contributed by atoms with E-state index in [2.05, 4.69) is 10.6 Å². The van der Waals surface area contributed by atoms with Gasteiger partial charge in [-0.2, -0.15) is 0 Å². The molecule has 5 nitrogen and oxygen atoms in total. The van der Waals surface area contributed by atoms with Gasteiger partial charge in [-0.25, -0.2) is 0 Å². The number of amides is 2. The summed E-state index contributed by atoms with van der Waals surface area (Å²) in [6.07, 6.45) is 0.754. The predicted octanol–water partition coefficient (Wildman–Crippen LogP) is 1.19. The van der Waals surface area contributed by atoms with E-state index in [1.54, 1.807) is 18.2 Å². The van der Waals surface area contributed by atoms with Crippen LogP contribution in [0.1, 0.15) is 18.4 Å². The molecule has 1 heterocycles. The molecule has 1 unspecified atom stereocenters. The Hall–Kier alpha value is -1.66. The van der Waals surface area contributed by atoms with Crippen LogP contribution in [0.2, 0.25) is 5.02 Å². The lowest BCUT2D eigenvalue weighted by Crippen LogP contribution is -2.47. The second-order valence-corrected chi connectivity index (χ2v) is 5.05. The van der Waals surface area contributed by atoms with Crippen molar-refractivity contribution in [3.8, 4) is 0 Å². The first-order valence-corrected chi connectivity index (χ1v) is 6.45. The van der Waals surface area contributed by atoms with Gasteiger partial charge in [0.2, 0.25) is 11.8 Å². The normalized spacial score (nSPS) is 18.9. The van der Waals surface area contributed by atoms with Gasteiger partial charge in [0.05, 0.1) is 10.7 Å². The molecule has 1 aliphatic heterocycles. The quantitative estimate of drug-likeness (QED) is 0.576. The molecular formula is C12H12ClN3O2S. The Morgan fingerprint density at radius 1 is 1.47 bits per heavy atom. The van der Waals surface area contributed by atoms with E-state index in [1.165, 1.54) is 0 Å². The number of rotatable bonds is 3. The fourth-order valence-electron chi connectivity index (χ4n) is 1.80. The van der Waals surface area contributed by atoms with Crippen LogP contribution in [0.15, 0.2) is 18.2 Å². The van der Waals surface area contributed by atoms with Crippen LogP contribution >= 0.6 is 23.8 Å². The molecule has 2 rings (SSSR count). The van der Waals surface area contributed by atoms with Gasteiger partial charge in [-0.3, -0.25) is 14.9 Å². The molecule has 7 heteroatoms. The number of anilines is 1. The number of hydrogen-bond acceptors (Lipinski definition) is 4. The second-order valence-electron chi connectivity index (χ2n) is 4.21. The highest BCUT2D eigenvalue weighted by Crippen LogP contribution is 2.25. The second kappa shape index (κ2) is 5.54. The maximum atomic E-state index is 11.6. The standard InChI is InChI=1S/C12H12ClN3O2S/c13-7-5-6(11(14)19)1-2-8(7)15-9-3-4-10(17)16-12(9)18/h1-2,5,9,15H,3-4H2,(H2,14,19)(H,16,17,18). The minimum absolute atomic E-state index is 0.252. The smallest absolute Gasteiger partial charge is 0.249 e. The van der Waals surface area contributed by atoms with Crippen molar-refractivity contribution in [3.63, 3.8) is 0 Å². The summed E-state index contributed by atoms with van der Waals surface area (Å²) in [7, 11) is 0. The third kappa shape index (κ3) is 3.21. The molecule has 1 aliphatic rings. The summed E-state index contributed by atoms with van der Waals surface area (Å²) in [5.41, 5.74) is 6.77. The lowest BCUT2D eigenvalue weighted by atomic mass is 10.1. The average molecular weight is 298 g/mol. The first kappa shape index (κ1) is 13.8. The highest BCUT2D eigenvalue weighted by atomic mass is 35.5. The molecule has 2 amide bonds. The molecule has 1 aromatic rings. The SMILES string of the molecule is NC(=S)c1ccc(NC2CCC(=O)NC2=O)c(Cl)c1. The zero-order valence-electron chi connectivity index (χ0n) is 9.90. The Morgan fingerprint density at radius 3 is 2.79 bits per heavy atom. The van der Waals surface area contributed by atoms with Crippen molar-refractivity contribution in [2.45, 2.75) is 18.9 Å². The van der Waals surface area contributed by atoms with Crippen LogP contribution in [-0.2, 0) is 9.59 Å². The molecule has 19 heavy (non-hydrogen) atoms. The first-order valence-electron chi connectivity index (χ1n) is 5.67. The van der Waals surface area contributed by atoms with Crippen molar-refractivity contribution in [2.24, 2.45) is 5.73 Å². The Kier molecular flexibility index (Phi) is 4.01. The molecule has 0 aromatic heterocycles. The predicted molar refractivity (Wildman–Crippen MR) is 77.1 cm³/mol. The van der Waals surface area contributed by atoms with Gasteiger partial charge in [0.25, 0.3) is 0 Å². The number of nitrogens with two attached hydrogens (primary N) is 1. The molecule has 0 aliphatic carbocycles. The number of thiocarbonyl (C=S) groups is 1. The minimum Gasteiger partial charge on any atom is -0.389 e. The summed E-state index contributed by atoms with van der Waals surface area (Å²) in [5, 5.41) is 5.71. The van der Waals surface area contributed by atoms with Crippen molar-refractivity contribution in [1.82, 2.24) is 5.32 Å². The van der Waals surface area contributed by atoms with E-state index in [0.29, 0.717) is 29.1 Å². The topological polar surface area (TPSA) is 84.2 Å². The lowest BCUT2D eigenvalue weighted by molar-refractivity contribution is -0.133. The van der Waals surface area contributed by atoms with Crippen LogP contribution in [0.5, 0.6) is 0 Å². The number of carbonyl (C=O) groups excluding carboxylic acids is 2. The zero-order valence-corrected chi connectivity index (χ0v) is 11.5. The van der Waals surface area contributed by atoms with Gasteiger partial charge in [0.15, 0.2) is 0 Å². The molecule has 100 valence electrons. The Morgan fingerprint density at radius 2 is 2.21 bits per heavy atom. The van der Waals surface area contributed by atoms with Gasteiger partial charge >= 0.3 is 0 Å². The van der Waals surface area contributed by atoms with Crippen molar-refractivity contribution in [2.75, 3.05) is 5.32 Å². The van der Waals surface area contributed by atoms with Crippen LogP contribution in [0.25, 0.3) is 0 Å². The summed E-state index contributed by atoms with van der Waals surface area (Å²) in [6, 6.07) is 4.60. The van der Waals surface area contributed by atoms with E-state index in [4.69, 9.17) is 29.6 Å². The minimum atomic E-state index is -0.467. The number of halogens is 1. The molecule has 0 radical (unpaired) electrons. The largest absolute Gasteiger partial charge is 0.389 e. The van der Waals surface area contributed by atoms with E-state index in [1.807, 2.05) is 0 Å². The van der Waals surface area contributed by atoms with Gasteiger partial charge in [-0.15, -0.1) is 0 Å². The zero-order chi connectivity index (χ0) is 14.0. The number of carbonyl (C=O) groups is 2. The number of benzene rings is 1. The van der Waals surface area contributed by atoms with Crippen LogP contribution in [-0.4, -0.2) is 22.8 Å². The van der Waals surface area contributed by atoms with E-state index in [0.717, 1.165) is 0 Å². The maximum Gasteiger partial charge on any atom is 0.249 e. The number of nitrogens with one attached hydrogen (secondary N) is 2. The average Bonchev–Trinajstić information content (AvgIpc) is 2.34. The number of piperidine rings is 1. The lowest BCUT2D eigenvalue weighted by Gasteiger charge is -2.23. The van der Waals surface area contributed by atoms with Crippen LogP contribution in [0, 0.1) is 0 Å². The number of imide groups is 1. The van der Waals surface area contributed by atoms with Crippen LogP contribution in [0.3, 0.4) is 0 Å². The van der Waals surface area contributed by atoms with Gasteiger partial charge in [0, 0.05) is 12.0 Å². The van der Waals surface area contributed by atoms with Crippen molar-refractivity contribution < 1.29 is 9.59 Å². The summed E-state index contributed by atoms with van der Waals surface area (Å²) < 4.78 is 0. The summed E-state index contributed by atoms with van der Waals surface area (Å²) >= 11 is 10.9. The molecule has 1 fully saturated rings. The highest BCUT2D eigenvalue weighted by Gasteiger charge is 2.26. The van der Waals surface area contributed by atoms with Crippen molar-refractivity contribution in [1.29, 1.82) is 0 Å². The van der Waals surface area contributed by atoms with E-state index in [-0.39, 0.29) is 16.8 Å². The van der Waals surface area contributed by atoms with Crippen LogP contribution < -0.4 is 16.4 Å². The maximum absolute atomic E-state index is 11.6. The van der Waals surface area contributed by atoms with Crippen LogP contribution in [0.4, 0.5) is 5.69 Å². The van der Waals surface area contributed by atoms with E-state index in [9.17, 15) is 9.59 Å². The Bertz CT molecular complexity index is 562. The monoisotopic (exact) mass is 297 g/mol. The van der Waals surface area contributed by atoms with Crippen molar-refractivity contribution in [3.05, 3.63) is 28.8 Å². The molecule has 1 aromatic carbocycles. The van der Waals surface area contributed by atoms with Crippen molar-refractivity contribution >= 4 is 46.3 Å². The Balaban J connectivity index is 2.13. The third-order valence-corrected chi connectivity index (χ3v) is 3.37. The van der Waals surface area contributed by atoms with Gasteiger partial charge in [-0.05, 0) is 24.6 Å². The fraction of sp³-hybridized carbons (Fsp3) is 0.250. The molecule has 0 bridgehead atoms. The summed E-state index contributed by atoms with van der Waals surface area (Å²) in [5.74, 6) is -0.594. The first-order chi connectivity index (χ1) is 8.97. The van der Waals surface area contributed by atoms with E-state index >= 15 is 0 Å². The van der Waals surface area contributed by atoms with Gasteiger partial charge < -0.3 is 11.1 Å². The molecule has 1 atom stereocenters. The molecule has 4 N–H and O–H groups in total. The van der Waals surface area contributed by atoms with E-state index < -0.39 is 6.04 Å². The summed E-state index contributed by atoms with van der Waals surface area (Å²) in [4.78, 5) is 22.9. The van der Waals surface area contributed by atoms with Gasteiger partial charge in [0.1, 0.15) is 11.0 Å².